The molecule has 0 bridgehead atoms. The Morgan fingerprint density at radius 1 is 1.21 bits per heavy atom. The lowest BCUT2D eigenvalue weighted by atomic mass is 9.80. The summed E-state index contributed by atoms with van der Waals surface area (Å²) < 4.78 is 36.1. The fraction of sp³-hybridized carbons (Fsp3) is 0.923. The van der Waals surface area contributed by atoms with Gasteiger partial charge in [0.2, 0.25) is 0 Å². The molecule has 19 heavy (non-hydrogen) atoms. The Morgan fingerprint density at radius 2 is 1.89 bits per heavy atom. The molecule has 0 radical (unpaired) electrons. The van der Waals surface area contributed by atoms with Gasteiger partial charge < -0.3 is 10.6 Å². The molecule has 6 heteroatoms. The maximum Gasteiger partial charge on any atom is 0.390 e. The predicted molar refractivity (Wildman–Crippen MR) is 71.2 cm³/mol. The zero-order valence-electron chi connectivity index (χ0n) is 11.7. The second-order valence-electron chi connectivity index (χ2n) is 5.27. The van der Waals surface area contributed by atoms with Gasteiger partial charge in [0.15, 0.2) is 5.96 Å². The Kier molecular flexibility index (Phi) is 6.45. The zero-order chi connectivity index (χ0) is 14.3. The molecule has 0 spiro atoms. The van der Waals surface area contributed by atoms with E-state index in [-0.39, 0.29) is 6.54 Å². The van der Waals surface area contributed by atoms with Gasteiger partial charge >= 0.3 is 6.18 Å². The summed E-state index contributed by atoms with van der Waals surface area (Å²) in [7, 11) is 1.58. The van der Waals surface area contributed by atoms with E-state index in [1.54, 1.807) is 7.05 Å². The van der Waals surface area contributed by atoms with Gasteiger partial charge in [0.1, 0.15) is 0 Å². The highest BCUT2D eigenvalue weighted by atomic mass is 19.4. The van der Waals surface area contributed by atoms with Crippen LogP contribution in [0.15, 0.2) is 4.99 Å². The average molecular weight is 279 g/mol. The first-order valence-electron chi connectivity index (χ1n) is 6.93. The highest BCUT2D eigenvalue weighted by Crippen LogP contribution is 2.28. The van der Waals surface area contributed by atoms with Crippen LogP contribution in [0.5, 0.6) is 0 Å². The minimum absolute atomic E-state index is 0.136. The number of rotatable bonds is 4. The van der Waals surface area contributed by atoms with Gasteiger partial charge in [-0.2, -0.15) is 13.2 Å². The number of aliphatic imine (C=N–C) groups is 1. The van der Waals surface area contributed by atoms with Crippen LogP contribution >= 0.6 is 0 Å². The molecule has 1 fully saturated rings. The third-order valence-electron chi connectivity index (χ3n) is 3.75. The fourth-order valence-corrected chi connectivity index (χ4v) is 2.47. The van der Waals surface area contributed by atoms with E-state index in [0.717, 1.165) is 6.54 Å². The number of nitrogens with one attached hydrogen (secondary N) is 2. The largest absolute Gasteiger partial charge is 0.390 e. The SMILES string of the molecule is CN=C(NCCC(F)(F)F)NCC1CCCCC1C. The van der Waals surface area contributed by atoms with Crippen LogP contribution in [0.3, 0.4) is 0 Å². The molecule has 2 atom stereocenters. The molecule has 0 saturated heterocycles. The number of hydrogen-bond donors (Lipinski definition) is 2. The Labute approximate surface area is 113 Å². The van der Waals surface area contributed by atoms with Gasteiger partial charge in [0.25, 0.3) is 0 Å². The molecular formula is C13H24F3N3. The normalized spacial score (nSPS) is 25.2. The number of alkyl halides is 3. The van der Waals surface area contributed by atoms with Crippen molar-refractivity contribution in [1.82, 2.24) is 10.6 Å². The molecule has 1 aliphatic rings. The third-order valence-corrected chi connectivity index (χ3v) is 3.75. The molecule has 1 aliphatic carbocycles. The van der Waals surface area contributed by atoms with E-state index in [1.807, 2.05) is 0 Å². The Bertz CT molecular complexity index is 289. The standard InChI is InChI=1S/C13H24F3N3/c1-10-5-3-4-6-11(10)9-19-12(17-2)18-8-7-13(14,15)16/h10-11H,3-9H2,1-2H3,(H2,17,18,19). The first-order valence-corrected chi connectivity index (χ1v) is 6.93. The maximum atomic E-state index is 12.0. The topological polar surface area (TPSA) is 36.4 Å². The van der Waals surface area contributed by atoms with Crippen LogP contribution in [0.4, 0.5) is 13.2 Å². The molecule has 0 heterocycles. The van der Waals surface area contributed by atoms with Crippen molar-refractivity contribution in [2.75, 3.05) is 20.1 Å². The van der Waals surface area contributed by atoms with Gasteiger partial charge in [-0.25, -0.2) is 0 Å². The highest BCUT2D eigenvalue weighted by Gasteiger charge is 2.26. The monoisotopic (exact) mass is 279 g/mol. The van der Waals surface area contributed by atoms with E-state index >= 15 is 0 Å². The molecule has 2 unspecified atom stereocenters. The molecule has 0 aliphatic heterocycles. The Morgan fingerprint density at radius 3 is 2.47 bits per heavy atom. The van der Waals surface area contributed by atoms with Crippen LogP contribution in [0, 0.1) is 11.8 Å². The van der Waals surface area contributed by atoms with E-state index < -0.39 is 12.6 Å². The fourth-order valence-electron chi connectivity index (χ4n) is 2.47. The molecule has 112 valence electrons. The lowest BCUT2D eigenvalue weighted by molar-refractivity contribution is -0.132. The number of halogens is 3. The van der Waals surface area contributed by atoms with Crippen molar-refractivity contribution in [3.05, 3.63) is 0 Å². The summed E-state index contributed by atoms with van der Waals surface area (Å²) >= 11 is 0. The van der Waals surface area contributed by atoms with Crippen molar-refractivity contribution in [2.45, 2.75) is 45.2 Å². The molecule has 0 amide bonds. The van der Waals surface area contributed by atoms with E-state index in [4.69, 9.17) is 0 Å². The van der Waals surface area contributed by atoms with Crippen molar-refractivity contribution in [1.29, 1.82) is 0 Å². The molecule has 0 aromatic heterocycles. The smallest absolute Gasteiger partial charge is 0.356 e. The van der Waals surface area contributed by atoms with Crippen LogP contribution in [-0.4, -0.2) is 32.3 Å². The first-order chi connectivity index (χ1) is 8.92. The quantitative estimate of drug-likeness (QED) is 0.613. The van der Waals surface area contributed by atoms with Gasteiger partial charge in [0, 0.05) is 20.1 Å². The zero-order valence-corrected chi connectivity index (χ0v) is 11.7. The average Bonchev–Trinajstić information content (AvgIpc) is 2.34. The highest BCUT2D eigenvalue weighted by molar-refractivity contribution is 5.79. The molecule has 0 aromatic rings. The lowest BCUT2D eigenvalue weighted by Gasteiger charge is -2.29. The van der Waals surface area contributed by atoms with E-state index in [1.165, 1.54) is 25.7 Å². The van der Waals surface area contributed by atoms with Crippen LogP contribution in [-0.2, 0) is 0 Å². The van der Waals surface area contributed by atoms with Gasteiger partial charge in [-0.15, -0.1) is 0 Å². The number of hydrogen-bond acceptors (Lipinski definition) is 1. The Balaban J connectivity index is 2.25. The van der Waals surface area contributed by atoms with Gasteiger partial charge in [-0.1, -0.05) is 26.2 Å². The van der Waals surface area contributed by atoms with E-state index in [0.29, 0.717) is 17.8 Å². The molecular weight excluding hydrogens is 255 g/mol. The van der Waals surface area contributed by atoms with Crippen LogP contribution in [0.1, 0.15) is 39.0 Å². The summed E-state index contributed by atoms with van der Waals surface area (Å²) in [6, 6.07) is 0. The van der Waals surface area contributed by atoms with E-state index in [2.05, 4.69) is 22.5 Å². The Hall–Kier alpha value is -0.940. The minimum Gasteiger partial charge on any atom is -0.356 e. The summed E-state index contributed by atoms with van der Waals surface area (Å²) in [5.74, 6) is 1.73. The maximum absolute atomic E-state index is 12.0. The van der Waals surface area contributed by atoms with Gasteiger partial charge in [-0.05, 0) is 18.3 Å². The second kappa shape index (κ2) is 7.60. The predicted octanol–water partition coefficient (Wildman–Crippen LogP) is 2.93. The number of nitrogens with zero attached hydrogens (tertiary/aromatic N) is 1. The second-order valence-corrected chi connectivity index (χ2v) is 5.27. The first kappa shape index (κ1) is 16.1. The van der Waals surface area contributed by atoms with Crippen molar-refractivity contribution >= 4 is 5.96 Å². The third kappa shape index (κ3) is 6.68. The molecule has 1 rings (SSSR count). The molecule has 1 saturated carbocycles. The van der Waals surface area contributed by atoms with Crippen LogP contribution in [0.25, 0.3) is 0 Å². The summed E-state index contributed by atoms with van der Waals surface area (Å²) in [5.41, 5.74) is 0. The summed E-state index contributed by atoms with van der Waals surface area (Å²) in [5, 5.41) is 5.83. The van der Waals surface area contributed by atoms with Gasteiger partial charge in [0.05, 0.1) is 6.42 Å². The summed E-state index contributed by atoms with van der Waals surface area (Å²) in [6.07, 6.45) is 0.00441. The summed E-state index contributed by atoms with van der Waals surface area (Å²) in [4.78, 5) is 3.94. The van der Waals surface area contributed by atoms with E-state index in [9.17, 15) is 13.2 Å². The van der Waals surface area contributed by atoms with Crippen molar-refractivity contribution in [3.63, 3.8) is 0 Å². The van der Waals surface area contributed by atoms with Gasteiger partial charge in [-0.3, -0.25) is 4.99 Å². The van der Waals surface area contributed by atoms with Crippen molar-refractivity contribution in [3.8, 4) is 0 Å². The van der Waals surface area contributed by atoms with Crippen LogP contribution in [0.2, 0.25) is 0 Å². The lowest BCUT2D eigenvalue weighted by Crippen LogP contribution is -2.42. The molecule has 0 aromatic carbocycles. The van der Waals surface area contributed by atoms with Crippen molar-refractivity contribution < 1.29 is 13.2 Å². The number of guanidine groups is 1. The molecule has 2 N–H and O–H groups in total. The van der Waals surface area contributed by atoms with Crippen LogP contribution < -0.4 is 10.6 Å². The minimum atomic E-state index is -4.12. The molecule has 3 nitrogen and oxygen atoms in total. The summed E-state index contributed by atoms with van der Waals surface area (Å²) in [6.45, 7) is 2.89. The van der Waals surface area contributed by atoms with Crippen molar-refractivity contribution in [2.24, 2.45) is 16.8 Å².